The van der Waals surface area contributed by atoms with Crippen molar-refractivity contribution in [3.05, 3.63) is 28.2 Å². The molecule has 1 atom stereocenters. The van der Waals surface area contributed by atoms with Crippen LogP contribution in [0, 0.1) is 5.92 Å². The Morgan fingerprint density at radius 1 is 1.45 bits per heavy atom. The Labute approximate surface area is 129 Å². The van der Waals surface area contributed by atoms with Crippen LogP contribution in [0.2, 0.25) is 0 Å². The highest BCUT2D eigenvalue weighted by atomic mass is 79.9. The SMILES string of the molecule is CCC(Oc1ccc(Br)c(CNCC(C)C)c1)C(N)=O. The van der Waals surface area contributed by atoms with E-state index in [9.17, 15) is 4.79 Å². The highest BCUT2D eigenvalue weighted by molar-refractivity contribution is 9.10. The molecule has 0 fully saturated rings. The summed E-state index contributed by atoms with van der Waals surface area (Å²) in [5.41, 5.74) is 6.39. The van der Waals surface area contributed by atoms with Gasteiger partial charge in [0.05, 0.1) is 0 Å². The van der Waals surface area contributed by atoms with E-state index in [1.807, 2.05) is 25.1 Å². The van der Waals surface area contributed by atoms with Gasteiger partial charge in [0.25, 0.3) is 5.91 Å². The zero-order valence-corrected chi connectivity index (χ0v) is 13.9. The largest absolute Gasteiger partial charge is 0.481 e. The molecule has 1 unspecified atom stereocenters. The summed E-state index contributed by atoms with van der Waals surface area (Å²) in [5, 5.41) is 3.38. The first kappa shape index (κ1) is 17.0. The molecule has 0 aliphatic heterocycles. The van der Waals surface area contributed by atoms with E-state index in [1.54, 1.807) is 0 Å². The van der Waals surface area contributed by atoms with Crippen LogP contribution in [-0.4, -0.2) is 18.6 Å². The number of carbonyl (C=O) groups is 1. The third-order valence-electron chi connectivity index (χ3n) is 2.85. The second-order valence-electron chi connectivity index (χ2n) is 5.20. The molecule has 0 saturated carbocycles. The van der Waals surface area contributed by atoms with Gasteiger partial charge in [-0.15, -0.1) is 0 Å². The van der Waals surface area contributed by atoms with Crippen molar-refractivity contribution in [2.24, 2.45) is 11.7 Å². The summed E-state index contributed by atoms with van der Waals surface area (Å²) < 4.78 is 6.65. The summed E-state index contributed by atoms with van der Waals surface area (Å²) >= 11 is 3.52. The van der Waals surface area contributed by atoms with Crippen LogP contribution in [0.25, 0.3) is 0 Å². The highest BCUT2D eigenvalue weighted by Crippen LogP contribution is 2.23. The smallest absolute Gasteiger partial charge is 0.258 e. The quantitative estimate of drug-likeness (QED) is 0.763. The van der Waals surface area contributed by atoms with E-state index in [1.165, 1.54) is 0 Å². The summed E-state index contributed by atoms with van der Waals surface area (Å²) in [5.74, 6) is 0.836. The number of hydrogen-bond acceptors (Lipinski definition) is 3. The Kier molecular flexibility index (Phi) is 7.02. The number of ether oxygens (including phenoxy) is 1. The summed E-state index contributed by atoms with van der Waals surface area (Å²) in [7, 11) is 0. The fraction of sp³-hybridized carbons (Fsp3) is 0.533. The lowest BCUT2D eigenvalue weighted by atomic mass is 10.2. The molecule has 0 saturated heterocycles. The summed E-state index contributed by atoms with van der Waals surface area (Å²) in [4.78, 5) is 11.2. The van der Waals surface area contributed by atoms with Crippen LogP contribution in [-0.2, 0) is 11.3 Å². The minimum Gasteiger partial charge on any atom is -0.481 e. The topological polar surface area (TPSA) is 64.3 Å². The molecule has 1 rings (SSSR count). The number of rotatable bonds is 8. The number of benzene rings is 1. The van der Waals surface area contributed by atoms with Gasteiger partial charge in [-0.25, -0.2) is 0 Å². The van der Waals surface area contributed by atoms with Gasteiger partial charge >= 0.3 is 0 Å². The zero-order chi connectivity index (χ0) is 15.1. The average Bonchev–Trinajstić information content (AvgIpc) is 2.38. The van der Waals surface area contributed by atoms with Crippen LogP contribution in [0.1, 0.15) is 32.8 Å². The van der Waals surface area contributed by atoms with Gasteiger partial charge in [0.15, 0.2) is 6.10 Å². The Bertz CT molecular complexity index is 449. The van der Waals surface area contributed by atoms with E-state index in [2.05, 4.69) is 35.1 Å². The molecule has 0 aliphatic rings. The maximum absolute atomic E-state index is 11.2. The predicted octanol–water partition coefficient (Wildman–Crippen LogP) is 2.84. The van der Waals surface area contributed by atoms with E-state index in [-0.39, 0.29) is 0 Å². The maximum atomic E-state index is 11.2. The van der Waals surface area contributed by atoms with Gasteiger partial charge in [-0.3, -0.25) is 4.79 Å². The number of nitrogens with one attached hydrogen (secondary N) is 1. The fourth-order valence-electron chi connectivity index (χ4n) is 1.76. The van der Waals surface area contributed by atoms with Crippen LogP contribution < -0.4 is 15.8 Å². The third kappa shape index (κ3) is 5.51. The number of primary amides is 1. The molecular formula is C15H23BrN2O2. The molecule has 0 aromatic heterocycles. The van der Waals surface area contributed by atoms with Crippen molar-refractivity contribution >= 4 is 21.8 Å². The summed E-state index contributed by atoms with van der Waals surface area (Å²) in [6, 6.07) is 5.69. The Hall–Kier alpha value is -1.07. The lowest BCUT2D eigenvalue weighted by molar-refractivity contribution is -0.124. The van der Waals surface area contributed by atoms with E-state index >= 15 is 0 Å². The molecule has 20 heavy (non-hydrogen) atoms. The lowest BCUT2D eigenvalue weighted by Crippen LogP contribution is -2.33. The molecule has 1 amide bonds. The highest BCUT2D eigenvalue weighted by Gasteiger charge is 2.15. The maximum Gasteiger partial charge on any atom is 0.258 e. The van der Waals surface area contributed by atoms with Crippen LogP contribution >= 0.6 is 15.9 Å². The van der Waals surface area contributed by atoms with Gasteiger partial charge in [-0.05, 0) is 42.6 Å². The van der Waals surface area contributed by atoms with Crippen molar-refractivity contribution in [3.63, 3.8) is 0 Å². The first-order chi connectivity index (χ1) is 9.43. The van der Waals surface area contributed by atoms with Crippen molar-refractivity contribution in [1.29, 1.82) is 0 Å². The van der Waals surface area contributed by atoms with Crippen molar-refractivity contribution in [2.45, 2.75) is 39.8 Å². The molecule has 0 radical (unpaired) electrons. The first-order valence-corrected chi connectivity index (χ1v) is 7.68. The lowest BCUT2D eigenvalue weighted by Gasteiger charge is -2.16. The van der Waals surface area contributed by atoms with Gasteiger partial charge < -0.3 is 15.8 Å². The molecule has 1 aromatic rings. The van der Waals surface area contributed by atoms with Crippen LogP contribution in [0.3, 0.4) is 0 Å². The van der Waals surface area contributed by atoms with Gasteiger partial charge in [-0.1, -0.05) is 36.7 Å². The van der Waals surface area contributed by atoms with E-state index in [0.29, 0.717) is 18.1 Å². The van der Waals surface area contributed by atoms with Crippen LogP contribution in [0.15, 0.2) is 22.7 Å². The second-order valence-corrected chi connectivity index (χ2v) is 6.05. The van der Waals surface area contributed by atoms with Gasteiger partial charge in [0.1, 0.15) is 5.75 Å². The second kappa shape index (κ2) is 8.27. The molecule has 4 nitrogen and oxygen atoms in total. The standard InChI is InChI=1S/C15H23BrN2O2/c1-4-14(15(17)19)20-12-5-6-13(16)11(7-12)9-18-8-10(2)3/h5-7,10,14,18H,4,8-9H2,1-3H3,(H2,17,19). The van der Waals surface area contributed by atoms with Crippen LogP contribution in [0.5, 0.6) is 5.75 Å². The molecule has 0 spiro atoms. The number of hydrogen-bond donors (Lipinski definition) is 2. The molecule has 1 aromatic carbocycles. The number of nitrogens with two attached hydrogens (primary N) is 1. The summed E-state index contributed by atoms with van der Waals surface area (Å²) in [6.07, 6.45) is -0.0144. The van der Waals surface area contributed by atoms with Gasteiger partial charge in [-0.2, -0.15) is 0 Å². The number of amides is 1. The molecule has 3 N–H and O–H groups in total. The molecule has 0 heterocycles. The Morgan fingerprint density at radius 3 is 2.70 bits per heavy atom. The third-order valence-corrected chi connectivity index (χ3v) is 3.63. The first-order valence-electron chi connectivity index (χ1n) is 6.89. The van der Waals surface area contributed by atoms with E-state index in [4.69, 9.17) is 10.5 Å². The van der Waals surface area contributed by atoms with Gasteiger partial charge in [0, 0.05) is 11.0 Å². The van der Waals surface area contributed by atoms with Crippen LogP contribution in [0.4, 0.5) is 0 Å². The molecule has 5 heteroatoms. The molecule has 0 aliphatic carbocycles. The predicted molar refractivity (Wildman–Crippen MR) is 84.6 cm³/mol. The minimum atomic E-state index is -0.576. The van der Waals surface area contributed by atoms with Crippen molar-refractivity contribution < 1.29 is 9.53 Å². The molecule has 0 bridgehead atoms. The van der Waals surface area contributed by atoms with Crippen molar-refractivity contribution in [2.75, 3.05) is 6.54 Å². The zero-order valence-electron chi connectivity index (χ0n) is 12.3. The normalized spacial score (nSPS) is 12.4. The molecular weight excluding hydrogens is 320 g/mol. The number of carbonyl (C=O) groups excluding carboxylic acids is 1. The average molecular weight is 343 g/mol. The van der Waals surface area contributed by atoms with E-state index < -0.39 is 12.0 Å². The number of halogens is 1. The Morgan fingerprint density at radius 2 is 2.15 bits per heavy atom. The fourth-order valence-corrected chi connectivity index (χ4v) is 2.15. The van der Waals surface area contributed by atoms with Crippen molar-refractivity contribution in [1.82, 2.24) is 5.32 Å². The van der Waals surface area contributed by atoms with Gasteiger partial charge in [0.2, 0.25) is 0 Å². The summed E-state index contributed by atoms with van der Waals surface area (Å²) in [6.45, 7) is 7.92. The minimum absolute atomic E-state index is 0.435. The monoisotopic (exact) mass is 342 g/mol. The van der Waals surface area contributed by atoms with E-state index in [0.717, 1.165) is 23.1 Å². The Balaban J connectivity index is 2.72. The molecule has 112 valence electrons. The van der Waals surface area contributed by atoms with Crippen molar-refractivity contribution in [3.8, 4) is 5.75 Å².